The van der Waals surface area contributed by atoms with Crippen molar-refractivity contribution in [3.05, 3.63) is 76.2 Å². The highest BCUT2D eigenvalue weighted by molar-refractivity contribution is 7.90. The number of nitrogens with one attached hydrogen (secondary N) is 1. The van der Waals surface area contributed by atoms with Gasteiger partial charge in [-0.25, -0.2) is 12.8 Å². The number of halogens is 2. The van der Waals surface area contributed by atoms with E-state index in [1.807, 2.05) is 0 Å². The molecular weight excluding hydrogens is 431 g/mol. The molecule has 1 atom stereocenters. The van der Waals surface area contributed by atoms with E-state index in [2.05, 4.69) is 11.9 Å². The van der Waals surface area contributed by atoms with Gasteiger partial charge in [0.25, 0.3) is 5.91 Å². The average molecular weight is 449 g/mol. The molecular formula is C21H18ClFN2O4S. The van der Waals surface area contributed by atoms with Gasteiger partial charge in [0.1, 0.15) is 11.9 Å². The summed E-state index contributed by atoms with van der Waals surface area (Å²) in [5, 5.41) is 2.40. The maximum Gasteiger partial charge on any atom is 0.255 e. The molecule has 1 fully saturated rings. The van der Waals surface area contributed by atoms with Gasteiger partial charge in [-0.15, -0.1) is 0 Å². The maximum atomic E-state index is 13.3. The van der Waals surface area contributed by atoms with E-state index in [-0.39, 0.29) is 27.5 Å². The molecule has 0 aliphatic carbocycles. The number of rotatable bonds is 4. The van der Waals surface area contributed by atoms with E-state index in [1.54, 1.807) is 18.2 Å². The highest BCUT2D eigenvalue weighted by Crippen LogP contribution is 2.30. The highest BCUT2D eigenvalue weighted by Gasteiger charge is 2.38. The number of benzene rings is 2. The molecule has 0 spiro atoms. The van der Waals surface area contributed by atoms with E-state index in [9.17, 15) is 22.4 Å². The van der Waals surface area contributed by atoms with E-state index in [0.29, 0.717) is 36.2 Å². The standard InChI is InChI=1S/C21H18ClFN2O4S/c1-12-2-7-19(20(26)24-12)25-10-14-4-3-13(8-16(14)21(25)27)11-30(28,29)15-5-6-18(23)17(22)9-15/h3-6,8-9,19H,1-2,7,10-11H2,(H,24,26). The lowest BCUT2D eigenvalue weighted by atomic mass is 10.0. The Morgan fingerprint density at radius 3 is 2.67 bits per heavy atom. The smallest absolute Gasteiger partial charge is 0.255 e. The topological polar surface area (TPSA) is 83.6 Å². The van der Waals surface area contributed by atoms with Crippen LogP contribution in [-0.4, -0.2) is 31.2 Å². The van der Waals surface area contributed by atoms with Crippen LogP contribution in [0, 0.1) is 5.82 Å². The fourth-order valence-electron chi connectivity index (χ4n) is 3.74. The van der Waals surface area contributed by atoms with Gasteiger partial charge in [-0.2, -0.15) is 0 Å². The molecule has 0 radical (unpaired) electrons. The van der Waals surface area contributed by atoms with E-state index >= 15 is 0 Å². The van der Waals surface area contributed by atoms with Gasteiger partial charge >= 0.3 is 0 Å². The van der Waals surface area contributed by atoms with Crippen molar-refractivity contribution in [3.63, 3.8) is 0 Å². The van der Waals surface area contributed by atoms with Gasteiger partial charge in [-0.05, 0) is 48.2 Å². The molecule has 2 aliphatic rings. The molecule has 30 heavy (non-hydrogen) atoms. The van der Waals surface area contributed by atoms with E-state index < -0.39 is 21.7 Å². The minimum Gasteiger partial charge on any atom is -0.329 e. The summed E-state index contributed by atoms with van der Waals surface area (Å²) in [4.78, 5) is 26.6. The van der Waals surface area contributed by atoms with Crippen molar-refractivity contribution in [2.24, 2.45) is 0 Å². The Labute approximate surface area is 178 Å². The number of carbonyl (C=O) groups is 2. The Morgan fingerprint density at radius 1 is 1.20 bits per heavy atom. The Balaban J connectivity index is 1.57. The lowest BCUT2D eigenvalue weighted by Crippen LogP contribution is -2.49. The number of sulfone groups is 1. The predicted octanol–water partition coefficient (Wildman–Crippen LogP) is 3.20. The van der Waals surface area contributed by atoms with Crippen molar-refractivity contribution in [2.45, 2.75) is 36.1 Å². The lowest BCUT2D eigenvalue weighted by molar-refractivity contribution is -0.126. The minimum atomic E-state index is -3.79. The van der Waals surface area contributed by atoms with Crippen molar-refractivity contribution in [1.29, 1.82) is 0 Å². The van der Waals surface area contributed by atoms with Gasteiger partial charge in [0, 0.05) is 17.8 Å². The van der Waals surface area contributed by atoms with Gasteiger partial charge in [0.15, 0.2) is 9.84 Å². The third-order valence-corrected chi connectivity index (χ3v) is 7.29. The van der Waals surface area contributed by atoms with Crippen molar-refractivity contribution in [1.82, 2.24) is 10.2 Å². The molecule has 2 amide bonds. The Hall–Kier alpha value is -2.71. The SMILES string of the molecule is C=C1CCC(N2Cc3ccc(CS(=O)(=O)c4ccc(F)c(Cl)c4)cc3C2=O)C(=O)N1. The average Bonchev–Trinajstić information content (AvgIpc) is 3.00. The molecule has 0 aromatic heterocycles. The van der Waals surface area contributed by atoms with Crippen molar-refractivity contribution in [3.8, 4) is 0 Å². The highest BCUT2D eigenvalue weighted by atomic mass is 35.5. The van der Waals surface area contributed by atoms with Crippen molar-refractivity contribution < 1.29 is 22.4 Å². The molecule has 1 saturated heterocycles. The summed E-state index contributed by atoms with van der Waals surface area (Å²) in [6, 6.07) is 7.54. The second kappa shape index (κ2) is 7.52. The molecule has 2 aromatic carbocycles. The van der Waals surface area contributed by atoms with Gasteiger partial charge in [-0.3, -0.25) is 9.59 Å². The number of fused-ring (bicyclic) bond motifs is 1. The second-order valence-corrected chi connectivity index (χ2v) is 9.80. The quantitative estimate of drug-likeness (QED) is 0.728. The lowest BCUT2D eigenvalue weighted by Gasteiger charge is -2.30. The molecule has 9 heteroatoms. The van der Waals surface area contributed by atoms with Crippen LogP contribution in [0.3, 0.4) is 0 Å². The summed E-state index contributed by atoms with van der Waals surface area (Å²) in [6.07, 6.45) is 1.09. The Morgan fingerprint density at radius 2 is 1.97 bits per heavy atom. The summed E-state index contributed by atoms with van der Waals surface area (Å²) < 4.78 is 38.7. The first kappa shape index (κ1) is 20.6. The number of amides is 2. The fourth-order valence-corrected chi connectivity index (χ4v) is 5.35. The molecule has 4 rings (SSSR count). The number of hydrogen-bond donors (Lipinski definition) is 1. The zero-order valence-corrected chi connectivity index (χ0v) is 17.4. The van der Waals surface area contributed by atoms with Crippen LogP contribution in [0.5, 0.6) is 0 Å². The Bertz CT molecular complexity index is 1200. The first-order valence-electron chi connectivity index (χ1n) is 9.25. The first-order chi connectivity index (χ1) is 14.2. The Kier molecular flexibility index (Phi) is 5.15. The fraction of sp³-hybridized carbons (Fsp3) is 0.238. The predicted molar refractivity (Wildman–Crippen MR) is 109 cm³/mol. The van der Waals surface area contributed by atoms with Crippen LogP contribution in [0.1, 0.15) is 34.3 Å². The molecule has 0 saturated carbocycles. The van der Waals surface area contributed by atoms with Gasteiger partial charge in [-0.1, -0.05) is 30.3 Å². The molecule has 2 aromatic rings. The maximum absolute atomic E-state index is 13.3. The van der Waals surface area contributed by atoms with Gasteiger partial charge in [0.2, 0.25) is 5.91 Å². The second-order valence-electron chi connectivity index (χ2n) is 7.41. The zero-order valence-electron chi connectivity index (χ0n) is 15.8. The number of nitrogens with zero attached hydrogens (tertiary/aromatic N) is 1. The largest absolute Gasteiger partial charge is 0.329 e. The van der Waals surface area contributed by atoms with Crippen LogP contribution in [0.15, 0.2) is 53.6 Å². The normalized spacial score (nSPS) is 19.1. The zero-order chi connectivity index (χ0) is 21.6. The van der Waals surface area contributed by atoms with E-state index in [1.165, 1.54) is 4.90 Å². The van der Waals surface area contributed by atoms with Crippen LogP contribution in [0.2, 0.25) is 5.02 Å². The first-order valence-corrected chi connectivity index (χ1v) is 11.3. The monoisotopic (exact) mass is 448 g/mol. The molecule has 1 unspecified atom stereocenters. The van der Waals surface area contributed by atoms with Crippen LogP contribution in [0.4, 0.5) is 4.39 Å². The van der Waals surface area contributed by atoms with E-state index in [0.717, 1.165) is 23.8 Å². The molecule has 0 bridgehead atoms. The van der Waals surface area contributed by atoms with Crippen LogP contribution >= 0.6 is 11.6 Å². The van der Waals surface area contributed by atoms with Gasteiger partial charge < -0.3 is 10.2 Å². The molecule has 2 heterocycles. The van der Waals surface area contributed by atoms with Crippen LogP contribution in [0.25, 0.3) is 0 Å². The summed E-state index contributed by atoms with van der Waals surface area (Å²) in [5.41, 5.74) is 2.18. The van der Waals surface area contributed by atoms with Gasteiger partial charge in [0.05, 0.1) is 15.7 Å². The summed E-state index contributed by atoms with van der Waals surface area (Å²) in [6.45, 7) is 4.03. The summed E-state index contributed by atoms with van der Waals surface area (Å²) in [7, 11) is -3.79. The summed E-state index contributed by atoms with van der Waals surface area (Å²) in [5.74, 6) is -1.63. The third-order valence-electron chi connectivity index (χ3n) is 5.31. The van der Waals surface area contributed by atoms with Crippen molar-refractivity contribution >= 4 is 33.3 Å². The third kappa shape index (κ3) is 3.73. The number of allylic oxidation sites excluding steroid dienone is 1. The molecule has 156 valence electrons. The summed E-state index contributed by atoms with van der Waals surface area (Å²) >= 11 is 5.70. The molecule has 2 aliphatic heterocycles. The van der Waals surface area contributed by atoms with Crippen LogP contribution < -0.4 is 5.32 Å². The van der Waals surface area contributed by atoms with E-state index in [4.69, 9.17) is 11.6 Å². The number of hydrogen-bond acceptors (Lipinski definition) is 4. The number of piperidine rings is 1. The minimum absolute atomic E-state index is 0.0959. The van der Waals surface area contributed by atoms with Crippen LogP contribution in [-0.2, 0) is 26.9 Å². The molecule has 6 nitrogen and oxygen atoms in total. The number of carbonyl (C=O) groups excluding carboxylic acids is 2. The van der Waals surface area contributed by atoms with Crippen molar-refractivity contribution in [2.75, 3.05) is 0 Å². The molecule has 1 N–H and O–H groups in total.